The minimum atomic E-state index is -3.90. The number of rotatable bonds is 11. The zero-order valence-corrected chi connectivity index (χ0v) is 20.8. The summed E-state index contributed by atoms with van der Waals surface area (Å²) in [6.07, 6.45) is 0. The van der Waals surface area contributed by atoms with Crippen molar-refractivity contribution in [1.82, 2.24) is 0 Å². The molecule has 1 amide bonds. The molecule has 0 heterocycles. The maximum absolute atomic E-state index is 12.9. The molecule has 0 aliphatic rings. The SMILES string of the molecule is CCOc1ccc(C(=O)Nc2ccc(S(=O)(=O)Nc3ccc(OC)cc3OC)cc2)cc1OCC. The molecule has 0 radical (unpaired) electrons. The summed E-state index contributed by atoms with van der Waals surface area (Å²) in [6, 6.07) is 15.5. The molecule has 0 unspecified atom stereocenters. The Morgan fingerprint density at radius 1 is 0.800 bits per heavy atom. The van der Waals surface area contributed by atoms with Crippen molar-refractivity contribution in [2.75, 3.05) is 37.5 Å². The molecule has 0 fully saturated rings. The van der Waals surface area contributed by atoms with E-state index in [0.717, 1.165) is 0 Å². The summed E-state index contributed by atoms with van der Waals surface area (Å²) in [5.41, 5.74) is 1.08. The molecule has 0 saturated carbocycles. The number of hydrogen-bond acceptors (Lipinski definition) is 7. The molecular formula is C25H28N2O7S. The molecule has 0 aliphatic carbocycles. The quantitative estimate of drug-likeness (QED) is 0.397. The molecule has 3 aromatic carbocycles. The zero-order valence-electron chi connectivity index (χ0n) is 20.0. The van der Waals surface area contributed by atoms with Crippen LogP contribution in [0.5, 0.6) is 23.0 Å². The van der Waals surface area contributed by atoms with Crippen LogP contribution in [0.3, 0.4) is 0 Å². The number of carbonyl (C=O) groups excluding carboxylic acids is 1. The lowest BCUT2D eigenvalue weighted by Crippen LogP contribution is -2.15. The molecule has 0 spiro atoms. The number of sulfonamides is 1. The summed E-state index contributed by atoms with van der Waals surface area (Å²) < 4.78 is 49.7. The van der Waals surface area contributed by atoms with E-state index in [-0.39, 0.29) is 16.5 Å². The second kappa shape index (κ2) is 11.5. The fraction of sp³-hybridized carbons (Fsp3) is 0.240. The van der Waals surface area contributed by atoms with Gasteiger partial charge in [-0.15, -0.1) is 0 Å². The number of ether oxygens (including phenoxy) is 4. The van der Waals surface area contributed by atoms with Crippen LogP contribution in [0.15, 0.2) is 65.6 Å². The van der Waals surface area contributed by atoms with Gasteiger partial charge < -0.3 is 24.3 Å². The fourth-order valence-corrected chi connectivity index (χ4v) is 4.27. The van der Waals surface area contributed by atoms with E-state index in [1.807, 2.05) is 13.8 Å². The lowest BCUT2D eigenvalue weighted by Gasteiger charge is -2.14. The monoisotopic (exact) mass is 500 g/mol. The number of benzene rings is 3. The maximum atomic E-state index is 12.9. The molecule has 10 heteroatoms. The van der Waals surface area contributed by atoms with Gasteiger partial charge in [-0.25, -0.2) is 8.42 Å². The Balaban J connectivity index is 1.74. The molecule has 9 nitrogen and oxygen atoms in total. The summed E-state index contributed by atoms with van der Waals surface area (Å²) in [7, 11) is -0.956. The van der Waals surface area contributed by atoms with Crippen LogP contribution in [0.2, 0.25) is 0 Å². The molecule has 0 aromatic heterocycles. The van der Waals surface area contributed by atoms with Crippen LogP contribution < -0.4 is 29.0 Å². The molecule has 35 heavy (non-hydrogen) atoms. The van der Waals surface area contributed by atoms with Crippen molar-refractivity contribution in [3.8, 4) is 23.0 Å². The predicted molar refractivity (Wildman–Crippen MR) is 134 cm³/mol. The lowest BCUT2D eigenvalue weighted by atomic mass is 10.2. The molecule has 0 atom stereocenters. The summed E-state index contributed by atoms with van der Waals surface area (Å²) in [5.74, 6) is 1.51. The number of anilines is 2. The van der Waals surface area contributed by atoms with Crippen molar-refractivity contribution < 1.29 is 32.2 Å². The number of amides is 1. The van der Waals surface area contributed by atoms with E-state index in [1.54, 1.807) is 36.4 Å². The van der Waals surface area contributed by atoms with Crippen molar-refractivity contribution >= 4 is 27.3 Å². The Morgan fingerprint density at radius 3 is 2.11 bits per heavy atom. The van der Waals surface area contributed by atoms with Crippen LogP contribution in [0.25, 0.3) is 0 Å². The summed E-state index contributed by atoms with van der Waals surface area (Å²) in [5, 5.41) is 2.75. The highest BCUT2D eigenvalue weighted by Gasteiger charge is 2.18. The lowest BCUT2D eigenvalue weighted by molar-refractivity contribution is 0.102. The molecule has 0 aliphatic heterocycles. The highest BCUT2D eigenvalue weighted by Crippen LogP contribution is 2.31. The summed E-state index contributed by atoms with van der Waals surface area (Å²) in [4.78, 5) is 12.7. The van der Waals surface area contributed by atoms with E-state index >= 15 is 0 Å². The van der Waals surface area contributed by atoms with Crippen molar-refractivity contribution in [3.05, 3.63) is 66.2 Å². The van der Waals surface area contributed by atoms with Crippen molar-refractivity contribution in [2.24, 2.45) is 0 Å². The van der Waals surface area contributed by atoms with E-state index in [0.29, 0.717) is 47.5 Å². The molecule has 2 N–H and O–H groups in total. The van der Waals surface area contributed by atoms with Gasteiger partial charge in [0.25, 0.3) is 15.9 Å². The Kier molecular flexibility index (Phi) is 8.43. The third-order valence-electron chi connectivity index (χ3n) is 4.88. The van der Waals surface area contributed by atoms with Crippen LogP contribution >= 0.6 is 0 Å². The number of nitrogens with one attached hydrogen (secondary N) is 2. The minimum Gasteiger partial charge on any atom is -0.497 e. The first-order chi connectivity index (χ1) is 16.8. The van der Waals surface area contributed by atoms with E-state index in [9.17, 15) is 13.2 Å². The minimum absolute atomic E-state index is 0.0214. The standard InChI is InChI=1S/C25H28N2O7S/c1-5-33-22-14-7-17(15-24(22)34-6-2)25(28)26-18-8-11-20(12-9-18)35(29,30)27-21-13-10-19(31-3)16-23(21)32-4/h7-16,27H,5-6H2,1-4H3,(H,26,28). The second-order valence-electron chi connectivity index (χ2n) is 7.18. The normalized spacial score (nSPS) is 10.9. The number of carbonyl (C=O) groups is 1. The third-order valence-corrected chi connectivity index (χ3v) is 6.26. The second-order valence-corrected chi connectivity index (χ2v) is 8.86. The molecule has 186 valence electrons. The first-order valence-electron chi connectivity index (χ1n) is 10.9. The van der Waals surface area contributed by atoms with Gasteiger partial charge in [-0.2, -0.15) is 0 Å². The van der Waals surface area contributed by atoms with E-state index in [2.05, 4.69) is 10.0 Å². The van der Waals surface area contributed by atoms with Crippen molar-refractivity contribution in [1.29, 1.82) is 0 Å². The number of hydrogen-bond donors (Lipinski definition) is 2. The van der Waals surface area contributed by atoms with Gasteiger partial charge in [-0.05, 0) is 68.4 Å². The molecule has 3 aromatic rings. The van der Waals surface area contributed by atoms with Crippen LogP contribution in [0.1, 0.15) is 24.2 Å². The van der Waals surface area contributed by atoms with E-state index in [4.69, 9.17) is 18.9 Å². The Hall–Kier alpha value is -3.92. The summed E-state index contributed by atoms with van der Waals surface area (Å²) >= 11 is 0. The van der Waals surface area contributed by atoms with Crippen LogP contribution in [-0.4, -0.2) is 41.8 Å². The third kappa shape index (κ3) is 6.36. The van der Waals surface area contributed by atoms with Gasteiger partial charge in [0.1, 0.15) is 11.5 Å². The Bertz CT molecular complexity index is 1280. The molecular weight excluding hydrogens is 472 g/mol. The topological polar surface area (TPSA) is 112 Å². The van der Waals surface area contributed by atoms with Gasteiger partial charge in [0.05, 0.1) is 38.0 Å². The van der Waals surface area contributed by atoms with Crippen molar-refractivity contribution in [2.45, 2.75) is 18.7 Å². The fourth-order valence-electron chi connectivity index (χ4n) is 3.20. The smallest absolute Gasteiger partial charge is 0.262 e. The summed E-state index contributed by atoms with van der Waals surface area (Å²) in [6.45, 7) is 4.61. The van der Waals surface area contributed by atoms with Gasteiger partial charge in [0.15, 0.2) is 11.5 Å². The highest BCUT2D eigenvalue weighted by molar-refractivity contribution is 7.92. The predicted octanol–water partition coefficient (Wildman–Crippen LogP) is 4.55. The Morgan fingerprint density at radius 2 is 1.49 bits per heavy atom. The zero-order chi connectivity index (χ0) is 25.4. The van der Waals surface area contributed by atoms with Gasteiger partial charge in [0.2, 0.25) is 0 Å². The van der Waals surface area contributed by atoms with E-state index < -0.39 is 10.0 Å². The first kappa shape index (κ1) is 25.7. The average Bonchev–Trinajstić information content (AvgIpc) is 2.85. The molecule has 3 rings (SSSR count). The highest BCUT2D eigenvalue weighted by atomic mass is 32.2. The maximum Gasteiger partial charge on any atom is 0.262 e. The van der Waals surface area contributed by atoms with Gasteiger partial charge in [-0.1, -0.05) is 0 Å². The van der Waals surface area contributed by atoms with Crippen LogP contribution in [0, 0.1) is 0 Å². The molecule has 0 bridgehead atoms. The van der Waals surface area contributed by atoms with Gasteiger partial charge in [0, 0.05) is 17.3 Å². The van der Waals surface area contributed by atoms with Crippen LogP contribution in [-0.2, 0) is 10.0 Å². The molecule has 0 saturated heterocycles. The van der Waals surface area contributed by atoms with Gasteiger partial charge >= 0.3 is 0 Å². The van der Waals surface area contributed by atoms with Gasteiger partial charge in [-0.3, -0.25) is 9.52 Å². The van der Waals surface area contributed by atoms with Crippen molar-refractivity contribution in [3.63, 3.8) is 0 Å². The number of methoxy groups -OCH3 is 2. The van der Waals surface area contributed by atoms with E-state index in [1.165, 1.54) is 38.5 Å². The average molecular weight is 501 g/mol. The largest absolute Gasteiger partial charge is 0.497 e. The first-order valence-corrected chi connectivity index (χ1v) is 12.4. The Labute approximate surface area is 205 Å². The van der Waals surface area contributed by atoms with Crippen LogP contribution in [0.4, 0.5) is 11.4 Å².